The van der Waals surface area contributed by atoms with Gasteiger partial charge in [-0.25, -0.2) is 0 Å². The number of hydrogen-bond acceptors (Lipinski definition) is 1. The molecule has 1 unspecified atom stereocenters. The molecule has 0 aromatic heterocycles. The van der Waals surface area contributed by atoms with Gasteiger partial charge in [0.15, 0.2) is 0 Å². The minimum Gasteiger partial charge on any atom is -0.309 e. The average molecular weight is 149 g/mol. The number of rotatable bonds is 1. The predicted octanol–water partition coefficient (Wildman–Crippen LogP) is 1.01. The summed E-state index contributed by atoms with van der Waals surface area (Å²) < 4.78 is 2.37. The maximum atomic E-state index is 2.77. The first kappa shape index (κ1) is 8.61. The first-order chi connectivity index (χ1) is 3.48. The standard InChI is InChI=1S/C5H16NPSi/c1-5(2,3)6(7)8-4/h7-8H2,1-4H3. The van der Waals surface area contributed by atoms with E-state index in [4.69, 9.17) is 0 Å². The molecule has 0 spiro atoms. The molecule has 0 N–H and O–H groups in total. The third-order valence-corrected chi connectivity index (χ3v) is 4.70. The quantitative estimate of drug-likeness (QED) is 0.397. The topological polar surface area (TPSA) is 3.24 Å². The lowest BCUT2D eigenvalue weighted by Crippen LogP contribution is -2.34. The molecule has 0 amide bonds. The first-order valence-electron chi connectivity index (χ1n) is 3.01. The van der Waals surface area contributed by atoms with Crippen molar-refractivity contribution in [2.75, 3.05) is 0 Å². The van der Waals surface area contributed by atoms with Crippen molar-refractivity contribution in [3.63, 3.8) is 0 Å². The fraction of sp³-hybridized carbons (Fsp3) is 1.00. The van der Waals surface area contributed by atoms with Gasteiger partial charge in [0, 0.05) is 5.54 Å². The molecule has 50 valence electrons. The van der Waals surface area contributed by atoms with Crippen LogP contribution in [0.1, 0.15) is 20.8 Å². The maximum absolute atomic E-state index is 2.77. The van der Waals surface area contributed by atoms with Gasteiger partial charge in [0.1, 0.15) is 0 Å². The Labute approximate surface area is 57.0 Å². The average Bonchev–Trinajstić information content (AvgIpc) is 1.62. The van der Waals surface area contributed by atoms with Gasteiger partial charge < -0.3 is 4.34 Å². The lowest BCUT2D eigenvalue weighted by Gasteiger charge is -2.30. The molecular formula is C5H16NPSi. The van der Waals surface area contributed by atoms with Crippen molar-refractivity contribution in [3.8, 4) is 0 Å². The van der Waals surface area contributed by atoms with Crippen LogP contribution in [0, 0.1) is 0 Å². The highest BCUT2D eigenvalue weighted by molar-refractivity contribution is 7.16. The molecule has 0 heterocycles. The normalized spacial score (nSPS) is 14.2. The molecule has 1 nitrogen and oxygen atoms in total. The van der Waals surface area contributed by atoms with Gasteiger partial charge in [-0.2, -0.15) is 0 Å². The Morgan fingerprint density at radius 3 is 1.75 bits per heavy atom. The van der Waals surface area contributed by atoms with Crippen LogP contribution in [0.3, 0.4) is 0 Å². The molecule has 0 aliphatic heterocycles. The third-order valence-electron chi connectivity index (χ3n) is 1.20. The summed E-state index contributed by atoms with van der Waals surface area (Å²) in [6.45, 7) is 8.99. The Morgan fingerprint density at radius 1 is 1.38 bits per heavy atom. The van der Waals surface area contributed by atoms with Gasteiger partial charge in [-0.1, -0.05) is 15.9 Å². The van der Waals surface area contributed by atoms with Crippen molar-refractivity contribution in [1.29, 1.82) is 0 Å². The highest BCUT2D eigenvalue weighted by Crippen LogP contribution is 2.15. The molecule has 0 saturated carbocycles. The maximum Gasteiger partial charge on any atom is 0.0966 e. The van der Waals surface area contributed by atoms with E-state index < -0.39 is 0 Å². The summed E-state index contributed by atoms with van der Waals surface area (Å²) in [6.07, 6.45) is 0. The third kappa shape index (κ3) is 2.80. The molecule has 0 aliphatic carbocycles. The second-order valence-electron chi connectivity index (χ2n) is 2.96. The van der Waals surface area contributed by atoms with Gasteiger partial charge in [-0.15, -0.1) is 0 Å². The van der Waals surface area contributed by atoms with E-state index in [1.165, 1.54) is 0 Å². The molecule has 0 rings (SSSR count). The van der Waals surface area contributed by atoms with Gasteiger partial charge in [-0.05, 0) is 20.8 Å². The second-order valence-corrected chi connectivity index (χ2v) is 5.62. The van der Waals surface area contributed by atoms with Gasteiger partial charge in [0.25, 0.3) is 0 Å². The zero-order valence-electron chi connectivity index (χ0n) is 6.23. The molecule has 0 radical (unpaired) electrons. The van der Waals surface area contributed by atoms with Gasteiger partial charge in [0.2, 0.25) is 0 Å². The van der Waals surface area contributed by atoms with Crippen LogP contribution in [-0.4, -0.2) is 19.6 Å². The van der Waals surface area contributed by atoms with Crippen molar-refractivity contribution in [3.05, 3.63) is 0 Å². The summed E-state index contributed by atoms with van der Waals surface area (Å²) in [5, 5.41) is 0. The van der Waals surface area contributed by atoms with E-state index in [1.54, 1.807) is 0 Å². The molecule has 0 fully saturated rings. The Bertz CT molecular complexity index is 69.3. The van der Waals surface area contributed by atoms with E-state index in [0.29, 0.717) is 5.54 Å². The summed E-state index contributed by atoms with van der Waals surface area (Å²) in [5.74, 6) is 0. The van der Waals surface area contributed by atoms with Crippen molar-refractivity contribution in [2.24, 2.45) is 0 Å². The van der Waals surface area contributed by atoms with Crippen LogP contribution in [0.15, 0.2) is 0 Å². The molecular weight excluding hydrogens is 133 g/mol. The second kappa shape index (κ2) is 2.95. The van der Waals surface area contributed by atoms with E-state index in [-0.39, 0.29) is 9.68 Å². The van der Waals surface area contributed by atoms with Crippen LogP contribution in [0.2, 0.25) is 6.55 Å². The predicted molar refractivity (Wildman–Crippen MR) is 45.7 cm³/mol. The van der Waals surface area contributed by atoms with E-state index in [9.17, 15) is 0 Å². The fourth-order valence-electron chi connectivity index (χ4n) is 0.474. The summed E-state index contributed by atoms with van der Waals surface area (Å²) in [6, 6.07) is 0. The van der Waals surface area contributed by atoms with Crippen LogP contribution in [0.5, 0.6) is 0 Å². The van der Waals surface area contributed by atoms with E-state index in [1.807, 2.05) is 0 Å². The van der Waals surface area contributed by atoms with Gasteiger partial charge >= 0.3 is 0 Å². The van der Waals surface area contributed by atoms with Crippen LogP contribution >= 0.6 is 9.39 Å². The van der Waals surface area contributed by atoms with Crippen molar-refractivity contribution in [1.82, 2.24) is 4.34 Å². The van der Waals surface area contributed by atoms with Gasteiger partial charge in [0.05, 0.1) is 9.68 Å². The lowest BCUT2D eigenvalue weighted by atomic mass is 10.1. The molecule has 8 heavy (non-hydrogen) atoms. The Hall–Kier alpha value is 0.607. The van der Waals surface area contributed by atoms with Crippen LogP contribution in [-0.2, 0) is 0 Å². The van der Waals surface area contributed by atoms with Crippen LogP contribution < -0.4 is 0 Å². The van der Waals surface area contributed by atoms with Crippen molar-refractivity contribution >= 4 is 19.1 Å². The molecule has 0 saturated heterocycles. The lowest BCUT2D eigenvalue weighted by molar-refractivity contribution is 0.394. The minimum atomic E-state index is 0.0305. The largest absolute Gasteiger partial charge is 0.309 e. The molecule has 0 aliphatic rings. The Balaban J connectivity index is 3.62. The molecule has 0 aromatic carbocycles. The first-order valence-corrected chi connectivity index (χ1v) is 5.57. The minimum absolute atomic E-state index is 0.0305. The zero-order valence-corrected chi connectivity index (χ0v) is 8.80. The monoisotopic (exact) mass is 149 g/mol. The molecule has 0 aromatic rings. The molecule has 1 atom stereocenters. The van der Waals surface area contributed by atoms with E-state index in [2.05, 4.69) is 41.0 Å². The zero-order chi connectivity index (χ0) is 6.78. The summed E-state index contributed by atoms with van der Waals surface area (Å²) in [4.78, 5) is 0. The van der Waals surface area contributed by atoms with E-state index in [0.717, 1.165) is 0 Å². The van der Waals surface area contributed by atoms with Crippen LogP contribution in [0.25, 0.3) is 0 Å². The Kier molecular flexibility index (Phi) is 3.18. The fourth-order valence-corrected chi connectivity index (χ4v) is 1.42. The Morgan fingerprint density at radius 2 is 1.75 bits per heavy atom. The molecule has 3 heteroatoms. The van der Waals surface area contributed by atoms with Gasteiger partial charge in [-0.3, -0.25) is 0 Å². The summed E-state index contributed by atoms with van der Waals surface area (Å²) in [7, 11) is 2.81. The highest BCUT2D eigenvalue weighted by Gasteiger charge is 2.13. The SMILES string of the molecule is C[SiH2]N(P)C(C)(C)C. The van der Waals surface area contributed by atoms with Crippen molar-refractivity contribution < 1.29 is 0 Å². The number of nitrogens with zero attached hydrogens (tertiary/aromatic N) is 1. The van der Waals surface area contributed by atoms with Crippen molar-refractivity contribution in [2.45, 2.75) is 32.9 Å². The molecule has 0 bridgehead atoms. The highest BCUT2D eigenvalue weighted by atomic mass is 31.0. The number of hydrogen-bond donors (Lipinski definition) is 0. The summed E-state index contributed by atoms with van der Waals surface area (Å²) in [5.41, 5.74) is 0.367. The summed E-state index contributed by atoms with van der Waals surface area (Å²) >= 11 is 0. The van der Waals surface area contributed by atoms with Crippen LogP contribution in [0.4, 0.5) is 0 Å². The van der Waals surface area contributed by atoms with E-state index >= 15 is 0 Å². The smallest absolute Gasteiger partial charge is 0.0966 e.